The number of methoxy groups -OCH3 is 1. The minimum Gasteiger partial charge on any atom is -0.493 e. The van der Waals surface area contributed by atoms with E-state index in [0.29, 0.717) is 27.6 Å². The van der Waals surface area contributed by atoms with E-state index in [9.17, 15) is 4.79 Å². The highest BCUT2D eigenvalue weighted by atomic mass is 32.2. The molecule has 0 radical (unpaired) electrons. The normalized spacial score (nSPS) is 13.0. The number of carbonyl (C=O) groups is 1. The van der Waals surface area contributed by atoms with Gasteiger partial charge in [-0.3, -0.25) is 10.1 Å². The van der Waals surface area contributed by atoms with Gasteiger partial charge in [0.25, 0.3) is 0 Å². The number of rotatable bonds is 9. The summed E-state index contributed by atoms with van der Waals surface area (Å²) in [6, 6.07) is 7.43. The second kappa shape index (κ2) is 9.90. The van der Waals surface area contributed by atoms with E-state index in [1.807, 2.05) is 56.7 Å². The quantitative estimate of drug-likeness (QED) is 0.496. The van der Waals surface area contributed by atoms with Crippen LogP contribution in [0.5, 0.6) is 11.5 Å². The smallest absolute Gasteiger partial charge is 0.239 e. The molecule has 3 rings (SSSR count). The monoisotopic (exact) mass is 448 g/mol. The zero-order chi connectivity index (χ0) is 21.7. The van der Waals surface area contributed by atoms with E-state index in [-0.39, 0.29) is 17.3 Å². The van der Waals surface area contributed by atoms with Crippen LogP contribution in [0.3, 0.4) is 0 Å². The molecule has 0 saturated heterocycles. The van der Waals surface area contributed by atoms with Gasteiger partial charge in [-0.05, 0) is 32.4 Å². The average molecular weight is 449 g/mol. The van der Waals surface area contributed by atoms with Crippen LogP contribution in [0.1, 0.15) is 37.7 Å². The molecular weight excluding hydrogens is 424 g/mol. The number of hydrogen-bond acceptors (Lipinski definition) is 9. The summed E-state index contributed by atoms with van der Waals surface area (Å²) in [5.74, 6) is 1.75. The summed E-state index contributed by atoms with van der Waals surface area (Å²) in [5, 5.41) is 20.9. The fourth-order valence-corrected chi connectivity index (χ4v) is 4.11. The Balaban J connectivity index is 1.64. The van der Waals surface area contributed by atoms with Gasteiger partial charge in [-0.25, -0.2) is 0 Å². The molecule has 0 aliphatic rings. The molecule has 11 heteroatoms. The number of para-hydroxylation sites is 2. The Morgan fingerprint density at radius 3 is 2.60 bits per heavy atom. The summed E-state index contributed by atoms with van der Waals surface area (Å²) in [6.45, 7) is 5.70. The van der Waals surface area contributed by atoms with Gasteiger partial charge < -0.3 is 14.0 Å². The molecule has 0 spiro atoms. The van der Waals surface area contributed by atoms with E-state index in [4.69, 9.17) is 9.47 Å². The van der Waals surface area contributed by atoms with Crippen molar-refractivity contribution in [2.75, 3.05) is 12.4 Å². The lowest BCUT2D eigenvalue weighted by Gasteiger charge is -2.16. The highest BCUT2D eigenvalue weighted by Crippen LogP contribution is 2.31. The highest BCUT2D eigenvalue weighted by molar-refractivity contribution is 8.00. The van der Waals surface area contributed by atoms with E-state index in [0.717, 1.165) is 11.4 Å². The summed E-state index contributed by atoms with van der Waals surface area (Å²) >= 11 is 2.69. The first kappa shape index (κ1) is 22.0. The Kier molecular flexibility index (Phi) is 7.27. The zero-order valence-electron chi connectivity index (χ0n) is 17.4. The van der Waals surface area contributed by atoms with Crippen LogP contribution in [0.25, 0.3) is 0 Å². The number of nitrogens with one attached hydrogen (secondary N) is 1. The third-order valence-corrected chi connectivity index (χ3v) is 6.37. The van der Waals surface area contributed by atoms with Crippen molar-refractivity contribution in [1.29, 1.82) is 0 Å². The maximum absolute atomic E-state index is 12.5. The lowest BCUT2D eigenvalue weighted by Crippen LogP contribution is -2.22. The Labute approximate surface area is 183 Å². The van der Waals surface area contributed by atoms with E-state index in [1.54, 1.807) is 7.11 Å². The van der Waals surface area contributed by atoms with Crippen LogP contribution in [0.2, 0.25) is 0 Å². The van der Waals surface area contributed by atoms with Gasteiger partial charge in [0.05, 0.1) is 12.4 Å². The number of aryl methyl sites for hydroxylation is 1. The largest absolute Gasteiger partial charge is 0.493 e. The minimum atomic E-state index is -0.389. The van der Waals surface area contributed by atoms with Crippen molar-refractivity contribution in [1.82, 2.24) is 25.0 Å². The van der Waals surface area contributed by atoms with Gasteiger partial charge in [-0.1, -0.05) is 42.2 Å². The number of ether oxygens (including phenoxy) is 2. The molecule has 1 aromatic carbocycles. The van der Waals surface area contributed by atoms with Crippen molar-refractivity contribution >= 4 is 34.1 Å². The van der Waals surface area contributed by atoms with Crippen molar-refractivity contribution < 1.29 is 14.3 Å². The average Bonchev–Trinajstić information content (AvgIpc) is 3.35. The number of benzene rings is 1. The topological polar surface area (TPSA) is 104 Å². The molecule has 2 unspecified atom stereocenters. The zero-order valence-corrected chi connectivity index (χ0v) is 19.1. The third-order valence-electron chi connectivity index (χ3n) is 4.26. The van der Waals surface area contributed by atoms with Crippen LogP contribution in [0, 0.1) is 0 Å². The molecule has 3 aromatic rings. The molecule has 160 valence electrons. The van der Waals surface area contributed by atoms with Gasteiger partial charge in [0.1, 0.15) is 5.01 Å². The number of aromatic nitrogens is 5. The maximum atomic E-state index is 12.5. The van der Waals surface area contributed by atoms with Crippen molar-refractivity contribution in [3.8, 4) is 11.5 Å². The Morgan fingerprint density at radius 1 is 1.20 bits per heavy atom. The molecule has 0 bridgehead atoms. The first-order chi connectivity index (χ1) is 14.4. The van der Waals surface area contributed by atoms with Gasteiger partial charge in [0.15, 0.2) is 28.6 Å². The molecule has 1 amide bonds. The van der Waals surface area contributed by atoms with Gasteiger partial charge in [-0.15, -0.1) is 20.4 Å². The molecule has 30 heavy (non-hydrogen) atoms. The Bertz CT molecular complexity index is 1010. The van der Waals surface area contributed by atoms with E-state index in [2.05, 4.69) is 25.7 Å². The van der Waals surface area contributed by atoms with E-state index < -0.39 is 0 Å². The van der Waals surface area contributed by atoms with Crippen molar-refractivity contribution in [3.63, 3.8) is 0 Å². The molecule has 2 atom stereocenters. The SMILES string of the molecule is CCc1nnc(NC(=O)C(C)Sc2nnc(C(C)Oc3ccccc3OC)n2C)s1. The van der Waals surface area contributed by atoms with Crippen LogP contribution < -0.4 is 14.8 Å². The Morgan fingerprint density at radius 2 is 1.93 bits per heavy atom. The highest BCUT2D eigenvalue weighted by Gasteiger charge is 2.23. The predicted molar refractivity (Wildman–Crippen MR) is 116 cm³/mol. The Hall–Kier alpha value is -2.66. The summed E-state index contributed by atoms with van der Waals surface area (Å²) in [4.78, 5) is 12.5. The van der Waals surface area contributed by atoms with Crippen molar-refractivity contribution in [3.05, 3.63) is 35.1 Å². The van der Waals surface area contributed by atoms with Crippen LogP contribution >= 0.6 is 23.1 Å². The second-order valence-electron chi connectivity index (χ2n) is 6.41. The minimum absolute atomic E-state index is 0.165. The first-order valence-electron chi connectivity index (χ1n) is 9.41. The molecule has 1 N–H and O–H groups in total. The summed E-state index contributed by atoms with van der Waals surface area (Å²) in [5.41, 5.74) is 0. The third kappa shape index (κ3) is 5.08. The summed E-state index contributed by atoms with van der Waals surface area (Å²) < 4.78 is 13.2. The molecular formula is C19H24N6O3S2. The van der Waals surface area contributed by atoms with Gasteiger partial charge in [-0.2, -0.15) is 0 Å². The lowest BCUT2D eigenvalue weighted by atomic mass is 10.3. The summed E-state index contributed by atoms with van der Waals surface area (Å²) in [7, 11) is 3.45. The standard InChI is InChI=1S/C19H24N6O3S2/c1-6-15-21-23-18(30-15)20-17(26)12(3)29-19-24-22-16(25(19)4)11(2)28-14-10-8-7-9-13(14)27-5/h7-12H,6H2,1-5H3,(H,20,23,26). The maximum Gasteiger partial charge on any atom is 0.239 e. The van der Waals surface area contributed by atoms with Crippen molar-refractivity contribution in [2.24, 2.45) is 7.05 Å². The first-order valence-corrected chi connectivity index (χ1v) is 11.1. The molecule has 0 saturated carbocycles. The molecule has 0 fully saturated rings. The second-order valence-corrected chi connectivity index (χ2v) is 8.78. The molecule has 2 aromatic heterocycles. The van der Waals surface area contributed by atoms with Crippen LogP contribution in [0.15, 0.2) is 29.4 Å². The number of nitrogens with zero attached hydrogens (tertiary/aromatic N) is 5. The molecule has 0 aliphatic carbocycles. The number of carbonyl (C=O) groups excluding carboxylic acids is 1. The number of thioether (sulfide) groups is 1. The molecule has 2 heterocycles. The number of hydrogen-bond donors (Lipinski definition) is 1. The van der Waals surface area contributed by atoms with Crippen LogP contribution in [-0.4, -0.2) is 43.2 Å². The van der Waals surface area contributed by atoms with Crippen molar-refractivity contribution in [2.45, 2.75) is 43.7 Å². The fraction of sp³-hybridized carbons (Fsp3) is 0.421. The van der Waals surface area contributed by atoms with E-state index in [1.165, 1.54) is 23.1 Å². The van der Waals surface area contributed by atoms with Crippen LogP contribution in [0.4, 0.5) is 5.13 Å². The predicted octanol–water partition coefficient (Wildman–Crippen LogP) is 3.50. The van der Waals surface area contributed by atoms with Gasteiger partial charge in [0, 0.05) is 7.05 Å². The molecule has 9 nitrogen and oxygen atoms in total. The summed E-state index contributed by atoms with van der Waals surface area (Å²) in [6.07, 6.45) is 0.431. The fourth-order valence-electron chi connectivity index (χ4n) is 2.61. The van der Waals surface area contributed by atoms with E-state index >= 15 is 0 Å². The van der Waals surface area contributed by atoms with Gasteiger partial charge in [0.2, 0.25) is 11.0 Å². The number of amides is 1. The van der Waals surface area contributed by atoms with Gasteiger partial charge >= 0.3 is 0 Å². The van der Waals surface area contributed by atoms with Crippen LogP contribution in [-0.2, 0) is 18.3 Å². The molecule has 0 aliphatic heterocycles. The lowest BCUT2D eigenvalue weighted by molar-refractivity contribution is -0.115. The number of anilines is 1.